The molecule has 0 atom stereocenters. The summed E-state index contributed by atoms with van der Waals surface area (Å²) in [4.78, 5) is 38.3. The first kappa shape index (κ1) is 19.0. The number of carbonyl (C=O) groups is 3. The van der Waals surface area contributed by atoms with Crippen molar-refractivity contribution in [2.24, 2.45) is 0 Å². The SMILES string of the molecule is COc1cc(/C=C2\C(=O)NC(=O)N(c3ccc(C)cc3)C2=O)cc(OC)c1O. The third-order valence-corrected chi connectivity index (χ3v) is 4.21. The monoisotopic (exact) mass is 382 g/mol. The van der Waals surface area contributed by atoms with Crippen molar-refractivity contribution < 1.29 is 29.0 Å². The van der Waals surface area contributed by atoms with Gasteiger partial charge in [-0.1, -0.05) is 17.7 Å². The maximum atomic E-state index is 12.9. The third-order valence-electron chi connectivity index (χ3n) is 4.21. The fourth-order valence-corrected chi connectivity index (χ4v) is 2.75. The molecule has 0 radical (unpaired) electrons. The average molecular weight is 382 g/mol. The lowest BCUT2D eigenvalue weighted by Gasteiger charge is -2.26. The lowest BCUT2D eigenvalue weighted by Crippen LogP contribution is -2.54. The molecule has 1 aliphatic heterocycles. The molecular formula is C20H18N2O6. The number of aryl methyl sites for hydroxylation is 1. The fourth-order valence-electron chi connectivity index (χ4n) is 2.75. The van der Waals surface area contributed by atoms with Gasteiger partial charge in [-0.25, -0.2) is 9.69 Å². The summed E-state index contributed by atoms with van der Waals surface area (Å²) in [5, 5.41) is 12.2. The summed E-state index contributed by atoms with van der Waals surface area (Å²) in [7, 11) is 2.73. The van der Waals surface area contributed by atoms with Gasteiger partial charge in [-0.3, -0.25) is 14.9 Å². The Morgan fingerprint density at radius 2 is 1.57 bits per heavy atom. The smallest absolute Gasteiger partial charge is 0.335 e. The Labute approximate surface area is 161 Å². The summed E-state index contributed by atoms with van der Waals surface area (Å²) >= 11 is 0. The molecule has 28 heavy (non-hydrogen) atoms. The van der Waals surface area contributed by atoms with Gasteiger partial charge in [0, 0.05) is 0 Å². The van der Waals surface area contributed by atoms with Crippen LogP contribution in [0.1, 0.15) is 11.1 Å². The molecule has 1 saturated heterocycles. The van der Waals surface area contributed by atoms with E-state index in [4.69, 9.17) is 9.47 Å². The number of nitrogens with zero attached hydrogens (tertiary/aromatic N) is 1. The molecule has 0 saturated carbocycles. The number of barbiturate groups is 1. The van der Waals surface area contributed by atoms with Gasteiger partial charge in [0.05, 0.1) is 19.9 Å². The number of urea groups is 1. The second-order valence-electron chi connectivity index (χ2n) is 6.07. The van der Waals surface area contributed by atoms with Crippen molar-refractivity contribution in [2.45, 2.75) is 6.92 Å². The van der Waals surface area contributed by atoms with E-state index < -0.39 is 17.8 Å². The zero-order valence-electron chi connectivity index (χ0n) is 15.5. The maximum absolute atomic E-state index is 12.9. The van der Waals surface area contributed by atoms with E-state index in [2.05, 4.69) is 5.32 Å². The number of phenols is 1. The van der Waals surface area contributed by atoms with E-state index in [9.17, 15) is 19.5 Å². The van der Waals surface area contributed by atoms with Gasteiger partial charge in [0.1, 0.15) is 5.57 Å². The number of benzene rings is 2. The van der Waals surface area contributed by atoms with Crippen LogP contribution in [0.15, 0.2) is 42.0 Å². The topological polar surface area (TPSA) is 105 Å². The molecule has 2 aromatic carbocycles. The Balaban J connectivity index is 2.05. The first-order chi connectivity index (χ1) is 13.3. The number of amides is 4. The zero-order chi connectivity index (χ0) is 20.4. The van der Waals surface area contributed by atoms with E-state index in [1.807, 2.05) is 6.92 Å². The van der Waals surface area contributed by atoms with Gasteiger partial charge in [-0.05, 0) is 42.8 Å². The number of imide groups is 2. The largest absolute Gasteiger partial charge is 0.502 e. The number of aromatic hydroxyl groups is 1. The van der Waals surface area contributed by atoms with Crippen molar-refractivity contribution in [3.05, 3.63) is 53.1 Å². The molecule has 4 amide bonds. The molecule has 8 nitrogen and oxygen atoms in total. The van der Waals surface area contributed by atoms with Crippen LogP contribution in [-0.4, -0.2) is 37.2 Å². The van der Waals surface area contributed by atoms with E-state index in [0.29, 0.717) is 11.3 Å². The molecule has 2 aromatic rings. The molecular weight excluding hydrogens is 364 g/mol. The molecule has 144 valence electrons. The average Bonchev–Trinajstić information content (AvgIpc) is 2.67. The number of anilines is 1. The summed E-state index contributed by atoms with van der Waals surface area (Å²) < 4.78 is 10.2. The highest BCUT2D eigenvalue weighted by molar-refractivity contribution is 6.39. The molecule has 0 aromatic heterocycles. The standard InChI is InChI=1S/C20H18N2O6/c1-11-4-6-13(7-5-11)22-19(25)14(18(24)21-20(22)26)8-12-9-15(27-2)17(23)16(10-12)28-3/h4-10,23H,1-3H3,(H,21,24,26)/b14-8+. The van der Waals surface area contributed by atoms with Gasteiger partial charge in [0.15, 0.2) is 11.5 Å². The van der Waals surface area contributed by atoms with Gasteiger partial charge in [-0.15, -0.1) is 0 Å². The van der Waals surface area contributed by atoms with Crippen molar-refractivity contribution >= 4 is 29.6 Å². The van der Waals surface area contributed by atoms with Gasteiger partial charge in [0.2, 0.25) is 5.75 Å². The molecule has 0 bridgehead atoms. The van der Waals surface area contributed by atoms with Crippen LogP contribution < -0.4 is 19.7 Å². The Morgan fingerprint density at radius 1 is 1.00 bits per heavy atom. The van der Waals surface area contributed by atoms with Crippen LogP contribution in [0, 0.1) is 6.92 Å². The second-order valence-corrected chi connectivity index (χ2v) is 6.07. The van der Waals surface area contributed by atoms with Crippen molar-refractivity contribution in [3.8, 4) is 17.2 Å². The highest BCUT2D eigenvalue weighted by atomic mass is 16.5. The lowest BCUT2D eigenvalue weighted by molar-refractivity contribution is -0.122. The molecule has 8 heteroatoms. The molecule has 2 N–H and O–H groups in total. The van der Waals surface area contributed by atoms with Crippen LogP contribution in [0.25, 0.3) is 6.08 Å². The Kier molecular flexibility index (Phi) is 5.04. The molecule has 1 heterocycles. The number of carbonyl (C=O) groups excluding carboxylic acids is 3. The molecule has 0 unspecified atom stereocenters. The molecule has 1 fully saturated rings. The summed E-state index contributed by atoms with van der Waals surface area (Å²) in [6.45, 7) is 1.88. The first-order valence-corrected chi connectivity index (χ1v) is 8.28. The van der Waals surface area contributed by atoms with E-state index in [0.717, 1.165) is 10.5 Å². The van der Waals surface area contributed by atoms with Crippen LogP contribution in [-0.2, 0) is 9.59 Å². The van der Waals surface area contributed by atoms with Crippen molar-refractivity contribution in [1.29, 1.82) is 0 Å². The minimum absolute atomic E-state index is 0.112. The Hall–Kier alpha value is -3.81. The predicted octanol–water partition coefficient (Wildman–Crippen LogP) is 2.38. The Morgan fingerprint density at radius 3 is 2.11 bits per heavy atom. The number of nitrogens with one attached hydrogen (secondary N) is 1. The van der Waals surface area contributed by atoms with Crippen molar-refractivity contribution in [2.75, 3.05) is 19.1 Å². The maximum Gasteiger partial charge on any atom is 0.335 e. The minimum atomic E-state index is -0.822. The lowest BCUT2D eigenvalue weighted by atomic mass is 10.1. The normalized spacial score (nSPS) is 15.6. The summed E-state index contributed by atoms with van der Waals surface area (Å²) in [6.07, 6.45) is 1.30. The molecule has 0 aliphatic carbocycles. The zero-order valence-corrected chi connectivity index (χ0v) is 15.5. The van der Waals surface area contributed by atoms with Crippen molar-refractivity contribution in [1.82, 2.24) is 5.32 Å². The fraction of sp³-hybridized carbons (Fsp3) is 0.150. The summed E-state index contributed by atoms with van der Waals surface area (Å²) in [5.41, 5.74) is 1.44. The highest BCUT2D eigenvalue weighted by Gasteiger charge is 2.36. The second kappa shape index (κ2) is 7.43. The molecule has 1 aliphatic rings. The highest BCUT2D eigenvalue weighted by Crippen LogP contribution is 2.38. The minimum Gasteiger partial charge on any atom is -0.502 e. The van der Waals surface area contributed by atoms with Gasteiger partial charge in [-0.2, -0.15) is 0 Å². The van der Waals surface area contributed by atoms with Crippen molar-refractivity contribution in [3.63, 3.8) is 0 Å². The van der Waals surface area contributed by atoms with E-state index >= 15 is 0 Å². The van der Waals surface area contributed by atoms with Crippen LogP contribution in [0.4, 0.5) is 10.5 Å². The number of ether oxygens (including phenoxy) is 2. The van der Waals surface area contributed by atoms with Crippen LogP contribution >= 0.6 is 0 Å². The van der Waals surface area contributed by atoms with E-state index in [1.165, 1.54) is 32.4 Å². The third kappa shape index (κ3) is 3.39. The van der Waals surface area contributed by atoms with Crippen LogP contribution in [0.3, 0.4) is 0 Å². The van der Waals surface area contributed by atoms with Crippen LogP contribution in [0.2, 0.25) is 0 Å². The van der Waals surface area contributed by atoms with E-state index in [1.54, 1.807) is 24.3 Å². The molecule has 3 rings (SSSR count). The van der Waals surface area contributed by atoms with E-state index in [-0.39, 0.29) is 22.8 Å². The number of methoxy groups -OCH3 is 2. The summed E-state index contributed by atoms with van der Waals surface area (Å²) in [6, 6.07) is 8.81. The number of rotatable bonds is 4. The number of hydrogen-bond donors (Lipinski definition) is 2. The summed E-state index contributed by atoms with van der Waals surface area (Å²) in [5.74, 6) is -1.56. The number of phenolic OH excluding ortho intramolecular Hbond substituents is 1. The molecule has 0 spiro atoms. The number of hydrogen-bond acceptors (Lipinski definition) is 6. The van der Waals surface area contributed by atoms with Gasteiger partial charge >= 0.3 is 6.03 Å². The van der Waals surface area contributed by atoms with Crippen LogP contribution in [0.5, 0.6) is 17.2 Å². The Bertz CT molecular complexity index is 969. The van der Waals surface area contributed by atoms with Gasteiger partial charge in [0.25, 0.3) is 11.8 Å². The first-order valence-electron chi connectivity index (χ1n) is 8.28. The van der Waals surface area contributed by atoms with Gasteiger partial charge < -0.3 is 14.6 Å². The predicted molar refractivity (Wildman–Crippen MR) is 101 cm³/mol. The quantitative estimate of drug-likeness (QED) is 0.621.